The summed E-state index contributed by atoms with van der Waals surface area (Å²) in [6, 6.07) is 8.11. The fourth-order valence-electron chi connectivity index (χ4n) is 2.60. The molecule has 0 fully saturated rings. The number of halogens is 1. The van der Waals surface area contributed by atoms with Gasteiger partial charge in [-0.15, -0.1) is 12.4 Å². The summed E-state index contributed by atoms with van der Waals surface area (Å²) < 4.78 is 0. The molecule has 0 aliphatic carbocycles. The Morgan fingerprint density at radius 1 is 1.23 bits per heavy atom. The predicted octanol–water partition coefficient (Wildman–Crippen LogP) is 2.50. The molecule has 22 heavy (non-hydrogen) atoms. The second-order valence-electron chi connectivity index (χ2n) is 5.10. The summed E-state index contributed by atoms with van der Waals surface area (Å²) >= 11 is 0. The van der Waals surface area contributed by atoms with E-state index in [1.807, 2.05) is 37.5 Å². The number of H-pyrrole nitrogens is 1. The van der Waals surface area contributed by atoms with Crippen molar-refractivity contribution in [1.29, 1.82) is 0 Å². The van der Waals surface area contributed by atoms with Crippen LogP contribution in [0.25, 0.3) is 10.9 Å². The summed E-state index contributed by atoms with van der Waals surface area (Å²) in [4.78, 5) is 10.9. The molecule has 1 aromatic carbocycles. The van der Waals surface area contributed by atoms with E-state index < -0.39 is 0 Å². The molecule has 1 aliphatic heterocycles. The standard InChI is InChI=1S/C15H14N6.ClH/c1-9-4-12-14(7-17-9)21(8-18-15(12)16)11-2-3-13-10(5-11)6-19-20-13;/h2-7H,8H2,1H3,(H2,16,18)(H,19,20);1H. The van der Waals surface area contributed by atoms with Gasteiger partial charge in [-0.1, -0.05) is 0 Å². The molecule has 0 radical (unpaired) electrons. The number of aromatic amines is 1. The summed E-state index contributed by atoms with van der Waals surface area (Å²) in [5.74, 6) is 0.566. The molecule has 1 aliphatic rings. The molecule has 7 heteroatoms. The molecular weight excluding hydrogens is 300 g/mol. The molecule has 0 unspecified atom stereocenters. The first-order chi connectivity index (χ1) is 10.2. The summed E-state index contributed by atoms with van der Waals surface area (Å²) in [6.07, 6.45) is 3.67. The zero-order valence-corrected chi connectivity index (χ0v) is 12.8. The molecule has 0 atom stereocenters. The quantitative estimate of drug-likeness (QED) is 0.723. The van der Waals surface area contributed by atoms with Gasteiger partial charge in [0.15, 0.2) is 0 Å². The van der Waals surface area contributed by atoms with Gasteiger partial charge in [-0.2, -0.15) is 5.10 Å². The van der Waals surface area contributed by atoms with E-state index >= 15 is 0 Å². The average molecular weight is 315 g/mol. The monoisotopic (exact) mass is 314 g/mol. The number of pyridine rings is 1. The third-order valence-corrected chi connectivity index (χ3v) is 3.70. The first-order valence-electron chi connectivity index (χ1n) is 6.70. The molecule has 112 valence electrons. The number of anilines is 2. The minimum absolute atomic E-state index is 0. The number of rotatable bonds is 1. The Morgan fingerprint density at radius 2 is 2.09 bits per heavy atom. The van der Waals surface area contributed by atoms with E-state index in [-0.39, 0.29) is 12.4 Å². The average Bonchev–Trinajstić information content (AvgIpc) is 2.95. The second kappa shape index (κ2) is 5.31. The summed E-state index contributed by atoms with van der Waals surface area (Å²) in [7, 11) is 0. The van der Waals surface area contributed by atoms with Gasteiger partial charge < -0.3 is 10.6 Å². The number of nitrogens with zero attached hydrogens (tertiary/aromatic N) is 4. The lowest BCUT2D eigenvalue weighted by atomic mass is 10.1. The maximum absolute atomic E-state index is 6.01. The van der Waals surface area contributed by atoms with E-state index in [1.54, 1.807) is 0 Å². The number of aryl methyl sites for hydroxylation is 1. The van der Waals surface area contributed by atoms with Gasteiger partial charge in [0.05, 0.1) is 23.6 Å². The van der Waals surface area contributed by atoms with Gasteiger partial charge >= 0.3 is 0 Å². The number of benzene rings is 1. The minimum Gasteiger partial charge on any atom is -0.383 e. The van der Waals surface area contributed by atoms with Crippen LogP contribution in [0.4, 0.5) is 11.4 Å². The van der Waals surface area contributed by atoms with Crippen molar-refractivity contribution < 1.29 is 0 Å². The van der Waals surface area contributed by atoms with E-state index in [0.29, 0.717) is 12.5 Å². The van der Waals surface area contributed by atoms with Gasteiger partial charge in [0, 0.05) is 22.3 Å². The zero-order chi connectivity index (χ0) is 14.4. The van der Waals surface area contributed by atoms with E-state index in [1.165, 1.54) is 0 Å². The molecule has 0 amide bonds. The number of hydrogen-bond donors (Lipinski definition) is 2. The first-order valence-corrected chi connectivity index (χ1v) is 6.70. The SMILES string of the molecule is Cc1cc2c(cn1)N(c1ccc3[nH]ncc3c1)CN=C2N.Cl. The van der Waals surface area contributed by atoms with Crippen LogP contribution in [0.3, 0.4) is 0 Å². The normalized spacial score (nSPS) is 13.5. The lowest BCUT2D eigenvalue weighted by Crippen LogP contribution is -2.29. The van der Waals surface area contributed by atoms with E-state index in [0.717, 1.165) is 33.5 Å². The highest BCUT2D eigenvalue weighted by Gasteiger charge is 2.20. The summed E-state index contributed by atoms with van der Waals surface area (Å²) in [6.45, 7) is 2.44. The molecule has 0 saturated carbocycles. The molecular formula is C15H15ClN6. The Bertz CT molecular complexity index is 869. The van der Waals surface area contributed by atoms with Crippen molar-refractivity contribution in [2.75, 3.05) is 11.6 Å². The molecule has 2 aromatic heterocycles. The van der Waals surface area contributed by atoms with Crippen LogP contribution in [0.5, 0.6) is 0 Å². The van der Waals surface area contributed by atoms with Crippen molar-refractivity contribution in [3.8, 4) is 0 Å². The van der Waals surface area contributed by atoms with Crippen molar-refractivity contribution in [3.63, 3.8) is 0 Å². The van der Waals surface area contributed by atoms with Crippen molar-refractivity contribution >= 4 is 40.5 Å². The van der Waals surface area contributed by atoms with Crippen molar-refractivity contribution in [3.05, 3.63) is 47.9 Å². The van der Waals surface area contributed by atoms with Crippen molar-refractivity contribution in [2.45, 2.75) is 6.92 Å². The number of aromatic nitrogens is 3. The Balaban J connectivity index is 0.00000144. The molecule has 0 spiro atoms. The van der Waals surface area contributed by atoms with Crippen LogP contribution in [-0.2, 0) is 0 Å². The third-order valence-electron chi connectivity index (χ3n) is 3.70. The van der Waals surface area contributed by atoms with E-state index in [9.17, 15) is 0 Å². The van der Waals surface area contributed by atoms with E-state index in [2.05, 4.69) is 31.1 Å². The van der Waals surface area contributed by atoms with Crippen molar-refractivity contribution in [1.82, 2.24) is 15.2 Å². The highest BCUT2D eigenvalue weighted by molar-refractivity contribution is 6.05. The first kappa shape index (κ1) is 14.3. The second-order valence-corrected chi connectivity index (χ2v) is 5.10. The minimum atomic E-state index is 0. The smallest absolute Gasteiger partial charge is 0.129 e. The lowest BCUT2D eigenvalue weighted by molar-refractivity contribution is 0.949. The Morgan fingerprint density at radius 3 is 2.95 bits per heavy atom. The van der Waals surface area contributed by atoms with Crippen molar-refractivity contribution in [2.24, 2.45) is 10.7 Å². The van der Waals surface area contributed by atoms with Crippen LogP contribution in [0.15, 0.2) is 41.7 Å². The van der Waals surface area contributed by atoms with Crippen LogP contribution < -0.4 is 10.6 Å². The Kier molecular flexibility index (Phi) is 3.46. The molecule has 3 N–H and O–H groups in total. The van der Waals surface area contributed by atoms with Gasteiger partial charge in [-0.3, -0.25) is 10.1 Å². The number of fused-ring (bicyclic) bond motifs is 2. The molecule has 0 bridgehead atoms. The number of nitrogens with one attached hydrogen (secondary N) is 1. The van der Waals surface area contributed by atoms with Crippen LogP contribution in [0.2, 0.25) is 0 Å². The zero-order valence-electron chi connectivity index (χ0n) is 11.9. The summed E-state index contributed by atoms with van der Waals surface area (Å²) in [5.41, 5.74) is 10.9. The van der Waals surface area contributed by atoms with E-state index in [4.69, 9.17) is 5.73 Å². The van der Waals surface area contributed by atoms with Crippen LogP contribution in [-0.4, -0.2) is 27.7 Å². The van der Waals surface area contributed by atoms with Gasteiger partial charge in [0.25, 0.3) is 0 Å². The lowest BCUT2D eigenvalue weighted by Gasteiger charge is -2.28. The molecule has 4 rings (SSSR count). The topological polar surface area (TPSA) is 83.2 Å². The van der Waals surface area contributed by atoms with Gasteiger partial charge in [0.1, 0.15) is 12.5 Å². The van der Waals surface area contributed by atoms with Crippen LogP contribution >= 0.6 is 12.4 Å². The third kappa shape index (κ3) is 2.17. The van der Waals surface area contributed by atoms with Gasteiger partial charge in [-0.25, -0.2) is 4.99 Å². The maximum atomic E-state index is 6.01. The predicted molar refractivity (Wildman–Crippen MR) is 90.0 cm³/mol. The maximum Gasteiger partial charge on any atom is 0.129 e. The number of amidine groups is 1. The Labute approximate surface area is 133 Å². The number of hydrogen-bond acceptors (Lipinski definition) is 5. The highest BCUT2D eigenvalue weighted by Crippen LogP contribution is 2.32. The molecule has 6 nitrogen and oxygen atoms in total. The van der Waals surface area contributed by atoms with Crippen LogP contribution in [0.1, 0.15) is 11.3 Å². The highest BCUT2D eigenvalue weighted by atomic mass is 35.5. The molecule has 3 aromatic rings. The molecule has 3 heterocycles. The fourth-order valence-corrected chi connectivity index (χ4v) is 2.60. The Hall–Kier alpha value is -2.60. The number of nitrogens with two attached hydrogens (primary N) is 1. The number of aliphatic imine (C=N–C) groups is 1. The molecule has 0 saturated heterocycles. The van der Waals surface area contributed by atoms with Gasteiger partial charge in [0.2, 0.25) is 0 Å². The fraction of sp³-hybridized carbons (Fsp3) is 0.133. The largest absolute Gasteiger partial charge is 0.383 e. The summed E-state index contributed by atoms with van der Waals surface area (Å²) in [5, 5.41) is 8.07. The van der Waals surface area contributed by atoms with Gasteiger partial charge in [-0.05, 0) is 31.2 Å². The van der Waals surface area contributed by atoms with Crippen LogP contribution in [0, 0.1) is 6.92 Å².